The van der Waals surface area contributed by atoms with E-state index in [0.717, 1.165) is 17.2 Å². The predicted molar refractivity (Wildman–Crippen MR) is 80.3 cm³/mol. The van der Waals surface area contributed by atoms with E-state index in [-0.39, 0.29) is 11.9 Å². The van der Waals surface area contributed by atoms with Gasteiger partial charge in [0.25, 0.3) is 0 Å². The average Bonchev–Trinajstić information content (AvgIpc) is 2.89. The molecule has 0 aromatic heterocycles. The van der Waals surface area contributed by atoms with Crippen LogP contribution in [0.1, 0.15) is 49.8 Å². The Bertz CT molecular complexity index is 474. The second-order valence-corrected chi connectivity index (χ2v) is 6.45. The Morgan fingerprint density at radius 1 is 1.30 bits per heavy atom. The number of aryl methyl sites for hydroxylation is 1. The van der Waals surface area contributed by atoms with E-state index in [2.05, 4.69) is 17.1 Å². The highest BCUT2D eigenvalue weighted by atomic mass is 19.1. The minimum Gasteiger partial charge on any atom is -0.307 e. The maximum atomic E-state index is 13.7. The van der Waals surface area contributed by atoms with E-state index in [1.165, 1.54) is 38.8 Å². The van der Waals surface area contributed by atoms with Crippen molar-refractivity contribution in [2.24, 2.45) is 0 Å². The summed E-state index contributed by atoms with van der Waals surface area (Å²) in [6, 6.07) is 7.18. The molecule has 0 aliphatic carbocycles. The van der Waals surface area contributed by atoms with Gasteiger partial charge in [-0.1, -0.05) is 12.1 Å². The van der Waals surface area contributed by atoms with E-state index in [1.807, 2.05) is 19.1 Å². The van der Waals surface area contributed by atoms with Gasteiger partial charge in [0.15, 0.2) is 0 Å². The summed E-state index contributed by atoms with van der Waals surface area (Å²) in [5.74, 6) is -0.0956. The van der Waals surface area contributed by atoms with E-state index in [0.29, 0.717) is 6.04 Å². The second kappa shape index (κ2) is 5.82. The number of nitrogens with zero attached hydrogens (tertiary/aromatic N) is 1. The number of hydrogen-bond acceptors (Lipinski definition) is 2. The maximum absolute atomic E-state index is 13.7. The van der Waals surface area contributed by atoms with Gasteiger partial charge in [0.2, 0.25) is 0 Å². The summed E-state index contributed by atoms with van der Waals surface area (Å²) < 4.78 is 13.7. The maximum Gasteiger partial charge on any atom is 0.126 e. The molecule has 3 heteroatoms. The molecule has 110 valence electrons. The molecule has 0 spiro atoms. The summed E-state index contributed by atoms with van der Waals surface area (Å²) in [6.07, 6.45) is 5.18. The lowest BCUT2D eigenvalue weighted by atomic mass is 9.96. The molecule has 0 amide bonds. The van der Waals surface area contributed by atoms with Crippen molar-refractivity contribution < 1.29 is 4.39 Å². The Labute approximate surface area is 121 Å². The van der Waals surface area contributed by atoms with Gasteiger partial charge in [0.1, 0.15) is 5.82 Å². The molecule has 2 fully saturated rings. The first kappa shape index (κ1) is 14.0. The van der Waals surface area contributed by atoms with Crippen molar-refractivity contribution in [2.75, 3.05) is 13.1 Å². The van der Waals surface area contributed by atoms with Crippen LogP contribution in [0.3, 0.4) is 0 Å². The van der Waals surface area contributed by atoms with Crippen LogP contribution in [0.4, 0.5) is 4.39 Å². The second-order valence-electron chi connectivity index (χ2n) is 6.45. The largest absolute Gasteiger partial charge is 0.307 e. The van der Waals surface area contributed by atoms with Crippen LogP contribution >= 0.6 is 0 Å². The zero-order chi connectivity index (χ0) is 14.1. The molecule has 0 radical (unpaired) electrons. The third kappa shape index (κ3) is 2.89. The Hall–Kier alpha value is -0.930. The highest BCUT2D eigenvalue weighted by Crippen LogP contribution is 2.28. The van der Waals surface area contributed by atoms with Crippen LogP contribution in [0.5, 0.6) is 0 Å². The van der Waals surface area contributed by atoms with Crippen LogP contribution in [-0.2, 0) is 0 Å². The summed E-state index contributed by atoms with van der Waals surface area (Å²) in [7, 11) is 0. The van der Waals surface area contributed by atoms with E-state index >= 15 is 0 Å². The lowest BCUT2D eigenvalue weighted by Crippen LogP contribution is -2.46. The Morgan fingerprint density at radius 3 is 2.95 bits per heavy atom. The molecule has 2 aliphatic rings. The summed E-state index contributed by atoms with van der Waals surface area (Å²) >= 11 is 0. The highest BCUT2D eigenvalue weighted by Gasteiger charge is 2.32. The van der Waals surface area contributed by atoms with Crippen molar-refractivity contribution in [3.8, 4) is 0 Å². The van der Waals surface area contributed by atoms with Gasteiger partial charge in [-0.2, -0.15) is 0 Å². The summed E-state index contributed by atoms with van der Waals surface area (Å²) in [5, 5.41) is 3.70. The van der Waals surface area contributed by atoms with Crippen molar-refractivity contribution in [1.29, 1.82) is 0 Å². The predicted octanol–water partition coefficient (Wildman–Crippen LogP) is 3.41. The monoisotopic (exact) mass is 276 g/mol. The van der Waals surface area contributed by atoms with E-state index in [9.17, 15) is 4.39 Å². The van der Waals surface area contributed by atoms with Crippen LogP contribution in [0.15, 0.2) is 18.2 Å². The average molecular weight is 276 g/mol. The molecule has 20 heavy (non-hydrogen) atoms. The third-order valence-corrected chi connectivity index (χ3v) is 5.00. The zero-order valence-corrected chi connectivity index (χ0v) is 12.5. The van der Waals surface area contributed by atoms with Crippen molar-refractivity contribution >= 4 is 0 Å². The van der Waals surface area contributed by atoms with Gasteiger partial charge < -0.3 is 10.2 Å². The number of hydrogen-bond donors (Lipinski definition) is 1. The molecule has 2 saturated heterocycles. The number of rotatable bonds is 3. The topological polar surface area (TPSA) is 15.3 Å². The van der Waals surface area contributed by atoms with Crippen molar-refractivity contribution in [1.82, 2.24) is 10.2 Å². The van der Waals surface area contributed by atoms with Crippen molar-refractivity contribution in [3.63, 3.8) is 0 Å². The first-order valence-corrected chi connectivity index (χ1v) is 7.89. The molecule has 2 nitrogen and oxygen atoms in total. The minimum absolute atomic E-state index is 0.0956. The Balaban J connectivity index is 1.60. The van der Waals surface area contributed by atoms with Gasteiger partial charge in [0.05, 0.1) is 0 Å². The number of piperidine rings is 1. The SMILES string of the molecule is Cc1ccc(C(C)NC2CCN3CCCC3C2)cc1F. The number of nitrogens with one attached hydrogen (secondary N) is 1. The van der Waals surface area contributed by atoms with Crippen LogP contribution < -0.4 is 5.32 Å². The summed E-state index contributed by atoms with van der Waals surface area (Å²) in [4.78, 5) is 2.63. The number of benzene rings is 1. The molecule has 0 saturated carbocycles. The van der Waals surface area contributed by atoms with Gasteiger partial charge in [-0.05, 0) is 69.8 Å². The van der Waals surface area contributed by atoms with Gasteiger partial charge >= 0.3 is 0 Å². The van der Waals surface area contributed by atoms with Gasteiger partial charge in [0, 0.05) is 18.1 Å². The van der Waals surface area contributed by atoms with Crippen LogP contribution in [-0.4, -0.2) is 30.1 Å². The first-order chi connectivity index (χ1) is 9.63. The third-order valence-electron chi connectivity index (χ3n) is 5.00. The first-order valence-electron chi connectivity index (χ1n) is 7.89. The fraction of sp³-hybridized carbons (Fsp3) is 0.647. The molecule has 3 rings (SSSR count). The lowest BCUT2D eigenvalue weighted by Gasteiger charge is -2.36. The Kier molecular flexibility index (Phi) is 4.08. The van der Waals surface area contributed by atoms with Gasteiger partial charge in [-0.25, -0.2) is 4.39 Å². The normalized spacial score (nSPS) is 28.4. The van der Waals surface area contributed by atoms with E-state index in [4.69, 9.17) is 0 Å². The van der Waals surface area contributed by atoms with E-state index in [1.54, 1.807) is 6.07 Å². The quantitative estimate of drug-likeness (QED) is 0.910. The lowest BCUT2D eigenvalue weighted by molar-refractivity contribution is 0.162. The molecule has 2 aliphatic heterocycles. The molecule has 0 bridgehead atoms. The van der Waals surface area contributed by atoms with Gasteiger partial charge in [-0.15, -0.1) is 0 Å². The smallest absolute Gasteiger partial charge is 0.126 e. The molecule has 3 atom stereocenters. The van der Waals surface area contributed by atoms with Crippen molar-refractivity contribution in [2.45, 2.75) is 57.7 Å². The van der Waals surface area contributed by atoms with Crippen LogP contribution in [0.2, 0.25) is 0 Å². The summed E-state index contributed by atoms with van der Waals surface area (Å²) in [6.45, 7) is 6.46. The van der Waals surface area contributed by atoms with E-state index < -0.39 is 0 Å². The van der Waals surface area contributed by atoms with Gasteiger partial charge in [-0.3, -0.25) is 0 Å². The highest BCUT2D eigenvalue weighted by molar-refractivity contribution is 5.25. The number of fused-ring (bicyclic) bond motifs is 1. The Morgan fingerprint density at radius 2 is 2.15 bits per heavy atom. The molecule has 2 heterocycles. The fourth-order valence-corrected chi connectivity index (χ4v) is 3.70. The standard InChI is InChI=1S/C17H25FN2/c1-12-5-6-14(10-17(12)18)13(2)19-15-7-9-20-8-3-4-16(20)11-15/h5-6,10,13,15-16,19H,3-4,7-9,11H2,1-2H3. The van der Waals surface area contributed by atoms with Crippen LogP contribution in [0.25, 0.3) is 0 Å². The van der Waals surface area contributed by atoms with Crippen LogP contribution in [0, 0.1) is 12.7 Å². The molecular formula is C17H25FN2. The molecule has 3 unspecified atom stereocenters. The fourth-order valence-electron chi connectivity index (χ4n) is 3.70. The molecular weight excluding hydrogens is 251 g/mol. The minimum atomic E-state index is -0.0956. The van der Waals surface area contributed by atoms with Crippen molar-refractivity contribution in [3.05, 3.63) is 35.1 Å². The molecule has 1 N–H and O–H groups in total. The zero-order valence-electron chi connectivity index (χ0n) is 12.5. The number of halogens is 1. The molecule has 1 aromatic carbocycles. The summed E-state index contributed by atoms with van der Waals surface area (Å²) in [5.41, 5.74) is 1.78. The molecule has 1 aromatic rings.